The highest BCUT2D eigenvalue weighted by Gasteiger charge is 2.08. The Balaban J connectivity index is 2.53. The Hall–Kier alpha value is -1.85. The van der Waals surface area contributed by atoms with Crippen molar-refractivity contribution in [2.24, 2.45) is 5.92 Å². The van der Waals surface area contributed by atoms with E-state index in [9.17, 15) is 9.59 Å². The van der Waals surface area contributed by atoms with Gasteiger partial charge in [0.2, 0.25) is 0 Å². The summed E-state index contributed by atoms with van der Waals surface area (Å²) in [6, 6.07) is 0. The fraction of sp³-hybridized carbons (Fsp3) is 0.583. The molecule has 0 aromatic carbocycles. The number of anilines is 1. The number of nitrogens with one attached hydrogen (secondary N) is 1. The second kappa shape index (κ2) is 6.78. The topological polar surface area (TPSA) is 84.2 Å². The third-order valence-electron chi connectivity index (χ3n) is 2.72. The second-order valence-electron chi connectivity index (χ2n) is 4.29. The third-order valence-corrected chi connectivity index (χ3v) is 2.72. The summed E-state index contributed by atoms with van der Waals surface area (Å²) < 4.78 is 1.57. The van der Waals surface area contributed by atoms with E-state index in [1.54, 1.807) is 17.0 Å². The summed E-state index contributed by atoms with van der Waals surface area (Å²) in [6.07, 6.45) is 3.94. The van der Waals surface area contributed by atoms with Gasteiger partial charge in [-0.3, -0.25) is 9.59 Å². The maximum Gasteiger partial charge on any atom is 0.303 e. The van der Waals surface area contributed by atoms with Gasteiger partial charge in [0.05, 0.1) is 0 Å². The Morgan fingerprint density at radius 3 is 2.94 bits per heavy atom. The monoisotopic (exact) mass is 253 g/mol. The molecule has 1 aromatic heterocycles. The van der Waals surface area contributed by atoms with E-state index in [-0.39, 0.29) is 17.9 Å². The zero-order valence-corrected chi connectivity index (χ0v) is 10.7. The van der Waals surface area contributed by atoms with Crippen molar-refractivity contribution in [3.05, 3.63) is 22.7 Å². The molecule has 1 heterocycles. The summed E-state index contributed by atoms with van der Waals surface area (Å²) in [5.74, 6) is -0.299. The first kappa shape index (κ1) is 14.2. The number of rotatable bonds is 7. The van der Waals surface area contributed by atoms with Crippen molar-refractivity contribution in [2.75, 3.05) is 11.9 Å². The van der Waals surface area contributed by atoms with Crippen LogP contribution in [-0.4, -0.2) is 27.2 Å². The van der Waals surface area contributed by atoms with E-state index in [1.807, 2.05) is 13.8 Å². The number of aromatic nitrogens is 2. The predicted octanol–water partition coefficient (Wildman–Crippen LogP) is 1.18. The molecule has 1 rings (SSSR count). The quantitative estimate of drug-likeness (QED) is 0.762. The molecule has 0 aliphatic carbocycles. The molecule has 0 aliphatic rings. The molecule has 1 aromatic rings. The lowest BCUT2D eigenvalue weighted by atomic mass is 10.1. The maximum atomic E-state index is 11.8. The normalized spacial score (nSPS) is 12.1. The Morgan fingerprint density at radius 1 is 1.61 bits per heavy atom. The first-order valence-electron chi connectivity index (χ1n) is 6.05. The minimum atomic E-state index is -0.798. The van der Waals surface area contributed by atoms with Crippen molar-refractivity contribution < 1.29 is 9.90 Å². The Labute approximate surface area is 106 Å². The summed E-state index contributed by atoms with van der Waals surface area (Å²) in [4.78, 5) is 26.2. The van der Waals surface area contributed by atoms with E-state index < -0.39 is 5.97 Å². The van der Waals surface area contributed by atoms with Gasteiger partial charge in [-0.15, -0.1) is 0 Å². The van der Waals surface area contributed by atoms with Gasteiger partial charge in [0.15, 0.2) is 5.82 Å². The SMILES string of the molecule is CCn1ccnc(NCC(C)CCC(=O)O)c1=O. The first-order valence-corrected chi connectivity index (χ1v) is 6.05. The van der Waals surface area contributed by atoms with Gasteiger partial charge in [-0.1, -0.05) is 6.92 Å². The van der Waals surface area contributed by atoms with Crippen LogP contribution >= 0.6 is 0 Å². The first-order chi connectivity index (χ1) is 8.54. The highest BCUT2D eigenvalue weighted by molar-refractivity contribution is 5.66. The van der Waals surface area contributed by atoms with Crippen molar-refractivity contribution >= 4 is 11.8 Å². The number of carboxylic acids is 1. The Kier molecular flexibility index (Phi) is 5.35. The van der Waals surface area contributed by atoms with Crippen LogP contribution in [-0.2, 0) is 11.3 Å². The molecule has 0 saturated carbocycles. The lowest BCUT2D eigenvalue weighted by Crippen LogP contribution is -2.25. The van der Waals surface area contributed by atoms with Crippen molar-refractivity contribution in [1.82, 2.24) is 9.55 Å². The number of carboxylic acid groups (broad SMARTS) is 1. The molecule has 0 bridgehead atoms. The van der Waals surface area contributed by atoms with Gasteiger partial charge < -0.3 is 15.0 Å². The number of nitrogens with zero attached hydrogens (tertiary/aromatic N) is 2. The van der Waals surface area contributed by atoms with Crippen molar-refractivity contribution in [3.63, 3.8) is 0 Å². The zero-order valence-electron chi connectivity index (χ0n) is 10.7. The number of aryl methyl sites for hydroxylation is 1. The van der Waals surface area contributed by atoms with Crippen molar-refractivity contribution in [2.45, 2.75) is 33.2 Å². The molecule has 1 atom stereocenters. The molecule has 6 nitrogen and oxygen atoms in total. The number of hydrogen-bond acceptors (Lipinski definition) is 4. The van der Waals surface area contributed by atoms with E-state index in [2.05, 4.69) is 10.3 Å². The Morgan fingerprint density at radius 2 is 2.33 bits per heavy atom. The summed E-state index contributed by atoms with van der Waals surface area (Å²) in [6.45, 7) is 4.98. The third kappa shape index (κ3) is 4.20. The molecule has 100 valence electrons. The van der Waals surface area contributed by atoms with Crippen LogP contribution in [0.15, 0.2) is 17.2 Å². The minimum Gasteiger partial charge on any atom is -0.481 e. The molecule has 0 spiro atoms. The Bertz CT molecular complexity index is 456. The lowest BCUT2D eigenvalue weighted by Gasteiger charge is -2.12. The highest BCUT2D eigenvalue weighted by atomic mass is 16.4. The average molecular weight is 253 g/mol. The molecule has 0 aliphatic heterocycles. The van der Waals surface area contributed by atoms with E-state index in [0.29, 0.717) is 25.3 Å². The van der Waals surface area contributed by atoms with Gasteiger partial charge in [-0.2, -0.15) is 0 Å². The average Bonchev–Trinajstić information content (AvgIpc) is 2.35. The van der Waals surface area contributed by atoms with E-state index in [1.165, 1.54) is 0 Å². The van der Waals surface area contributed by atoms with Gasteiger partial charge in [0, 0.05) is 31.9 Å². The molecule has 6 heteroatoms. The summed E-state index contributed by atoms with van der Waals surface area (Å²) >= 11 is 0. The molecular weight excluding hydrogens is 234 g/mol. The number of carbonyl (C=O) groups is 1. The molecule has 0 saturated heterocycles. The standard InChI is InChI=1S/C12H19N3O3/c1-3-15-7-6-13-11(12(15)18)14-8-9(2)4-5-10(16)17/h6-7,9H,3-5,8H2,1-2H3,(H,13,14)(H,16,17). The predicted molar refractivity (Wildman–Crippen MR) is 68.7 cm³/mol. The number of hydrogen-bond donors (Lipinski definition) is 2. The summed E-state index contributed by atoms with van der Waals surface area (Å²) in [5, 5.41) is 11.5. The van der Waals surface area contributed by atoms with Gasteiger partial charge >= 0.3 is 5.97 Å². The van der Waals surface area contributed by atoms with E-state index in [0.717, 1.165) is 0 Å². The maximum absolute atomic E-state index is 11.8. The smallest absolute Gasteiger partial charge is 0.303 e. The van der Waals surface area contributed by atoms with Crippen LogP contribution in [0.4, 0.5) is 5.82 Å². The molecular formula is C12H19N3O3. The number of aliphatic carboxylic acids is 1. The minimum absolute atomic E-state index is 0.143. The zero-order chi connectivity index (χ0) is 13.5. The van der Waals surface area contributed by atoms with Gasteiger partial charge in [-0.25, -0.2) is 4.98 Å². The van der Waals surface area contributed by atoms with Crippen LogP contribution in [0.3, 0.4) is 0 Å². The van der Waals surface area contributed by atoms with Crippen LogP contribution in [0.5, 0.6) is 0 Å². The molecule has 1 unspecified atom stereocenters. The summed E-state index contributed by atoms with van der Waals surface area (Å²) in [5.41, 5.74) is -0.148. The van der Waals surface area contributed by atoms with Crippen LogP contribution in [0.2, 0.25) is 0 Å². The van der Waals surface area contributed by atoms with E-state index >= 15 is 0 Å². The van der Waals surface area contributed by atoms with Gasteiger partial charge in [0.25, 0.3) is 5.56 Å². The summed E-state index contributed by atoms with van der Waals surface area (Å²) in [7, 11) is 0. The molecule has 2 N–H and O–H groups in total. The lowest BCUT2D eigenvalue weighted by molar-refractivity contribution is -0.137. The van der Waals surface area contributed by atoms with Gasteiger partial charge in [-0.05, 0) is 19.3 Å². The second-order valence-corrected chi connectivity index (χ2v) is 4.29. The largest absolute Gasteiger partial charge is 0.481 e. The van der Waals surface area contributed by atoms with Crippen molar-refractivity contribution in [3.8, 4) is 0 Å². The van der Waals surface area contributed by atoms with Crippen LogP contribution in [0, 0.1) is 5.92 Å². The highest BCUT2D eigenvalue weighted by Crippen LogP contribution is 2.06. The van der Waals surface area contributed by atoms with Crippen LogP contribution < -0.4 is 10.9 Å². The molecule has 0 amide bonds. The molecule has 18 heavy (non-hydrogen) atoms. The van der Waals surface area contributed by atoms with Crippen LogP contribution in [0.1, 0.15) is 26.7 Å². The fourth-order valence-corrected chi connectivity index (χ4v) is 1.56. The molecule has 0 radical (unpaired) electrons. The fourth-order valence-electron chi connectivity index (χ4n) is 1.56. The van der Waals surface area contributed by atoms with Gasteiger partial charge in [0.1, 0.15) is 0 Å². The van der Waals surface area contributed by atoms with Crippen molar-refractivity contribution in [1.29, 1.82) is 0 Å². The van der Waals surface area contributed by atoms with Crippen LogP contribution in [0.25, 0.3) is 0 Å². The molecule has 0 fully saturated rings. The van der Waals surface area contributed by atoms with E-state index in [4.69, 9.17) is 5.11 Å².